The van der Waals surface area contributed by atoms with E-state index in [0.717, 1.165) is 17.4 Å². The first-order chi connectivity index (χ1) is 10.7. The Morgan fingerprint density at radius 3 is 2.70 bits per heavy atom. The summed E-state index contributed by atoms with van der Waals surface area (Å²) in [4.78, 5) is 27.8. The molecule has 120 valence electrons. The molecule has 9 heteroatoms. The zero-order chi connectivity index (χ0) is 17.2. The minimum atomic E-state index is -4.63. The van der Waals surface area contributed by atoms with Gasteiger partial charge in [-0.1, -0.05) is 0 Å². The molecule has 2 aromatic rings. The number of nitrogens with zero attached hydrogens (tertiary/aromatic N) is 3. The van der Waals surface area contributed by atoms with E-state index >= 15 is 0 Å². The van der Waals surface area contributed by atoms with Gasteiger partial charge in [-0.3, -0.25) is 9.59 Å². The first-order valence-corrected chi connectivity index (χ1v) is 7.22. The number of aryl methyl sites for hydroxylation is 1. The second-order valence-electron chi connectivity index (χ2n) is 4.74. The highest BCUT2D eigenvalue weighted by molar-refractivity contribution is 7.09. The number of hydrogen-bond acceptors (Lipinski definition) is 5. The van der Waals surface area contributed by atoms with Gasteiger partial charge in [0.2, 0.25) is 0 Å². The molecule has 2 aromatic heterocycles. The Labute approximate surface area is 132 Å². The molecule has 2 rings (SSSR count). The van der Waals surface area contributed by atoms with Gasteiger partial charge >= 0.3 is 6.18 Å². The zero-order valence-corrected chi connectivity index (χ0v) is 12.6. The van der Waals surface area contributed by atoms with Crippen LogP contribution in [0, 0.1) is 18.3 Å². The summed E-state index contributed by atoms with van der Waals surface area (Å²) >= 11 is 1.11. The summed E-state index contributed by atoms with van der Waals surface area (Å²) in [6.07, 6.45) is -4.05. The zero-order valence-electron chi connectivity index (χ0n) is 11.8. The SMILES string of the molecule is Cc1csc(C(C#N)C(=O)Cn2cc(C(F)(F)F)ccc2=O)n1. The summed E-state index contributed by atoms with van der Waals surface area (Å²) in [6, 6.07) is 3.17. The average molecular weight is 341 g/mol. The van der Waals surface area contributed by atoms with Gasteiger partial charge in [-0.25, -0.2) is 4.98 Å². The van der Waals surface area contributed by atoms with Crippen LogP contribution in [0.1, 0.15) is 22.2 Å². The van der Waals surface area contributed by atoms with Gasteiger partial charge in [0.15, 0.2) is 11.7 Å². The molecule has 0 aromatic carbocycles. The van der Waals surface area contributed by atoms with Crippen molar-refractivity contribution in [2.75, 3.05) is 0 Å². The van der Waals surface area contributed by atoms with Crippen molar-refractivity contribution >= 4 is 17.1 Å². The Balaban J connectivity index is 2.29. The van der Waals surface area contributed by atoms with Crippen LogP contribution in [0.3, 0.4) is 0 Å². The van der Waals surface area contributed by atoms with Gasteiger partial charge in [0.05, 0.1) is 18.2 Å². The number of ketones is 1. The number of thiazole rings is 1. The Hall–Kier alpha value is -2.47. The van der Waals surface area contributed by atoms with E-state index < -0.39 is 35.5 Å². The molecule has 0 aliphatic carbocycles. The van der Waals surface area contributed by atoms with Gasteiger partial charge in [-0.2, -0.15) is 18.4 Å². The van der Waals surface area contributed by atoms with Crippen molar-refractivity contribution in [2.24, 2.45) is 0 Å². The van der Waals surface area contributed by atoms with Crippen molar-refractivity contribution < 1.29 is 18.0 Å². The number of carbonyl (C=O) groups excluding carboxylic acids is 1. The first kappa shape index (κ1) is 16.9. The average Bonchev–Trinajstić information content (AvgIpc) is 2.87. The van der Waals surface area contributed by atoms with E-state index in [1.165, 1.54) is 0 Å². The van der Waals surface area contributed by atoms with Crippen LogP contribution in [0.4, 0.5) is 13.2 Å². The maximum Gasteiger partial charge on any atom is 0.417 e. The molecule has 0 amide bonds. The van der Waals surface area contributed by atoms with E-state index in [4.69, 9.17) is 5.26 Å². The number of pyridine rings is 1. The van der Waals surface area contributed by atoms with E-state index in [-0.39, 0.29) is 5.01 Å². The smallest absolute Gasteiger partial charge is 0.307 e. The van der Waals surface area contributed by atoms with Gasteiger partial charge < -0.3 is 4.57 Å². The fraction of sp³-hybridized carbons (Fsp3) is 0.286. The number of halogens is 3. The lowest BCUT2D eigenvalue weighted by Gasteiger charge is -2.11. The number of Topliss-reactive ketones (excluding diaryl/α,β-unsaturated/α-hetero) is 1. The molecule has 23 heavy (non-hydrogen) atoms. The standard InChI is InChI=1S/C14H10F3N3O2S/c1-8-7-23-13(19-8)10(4-18)11(21)6-20-5-9(14(15,16)17)2-3-12(20)22/h2-3,5,7,10H,6H2,1H3. The van der Waals surface area contributed by atoms with Crippen molar-refractivity contribution in [3.05, 3.63) is 50.3 Å². The number of aromatic nitrogens is 2. The molecule has 0 saturated carbocycles. The Kier molecular flexibility index (Phi) is 4.65. The molecule has 0 saturated heterocycles. The van der Waals surface area contributed by atoms with Crippen LogP contribution >= 0.6 is 11.3 Å². The Bertz CT molecular complexity index is 833. The van der Waals surface area contributed by atoms with Crippen LogP contribution in [0.15, 0.2) is 28.5 Å². The van der Waals surface area contributed by atoms with Crippen molar-refractivity contribution in [1.29, 1.82) is 5.26 Å². The predicted molar refractivity (Wildman–Crippen MR) is 75.9 cm³/mol. The summed E-state index contributed by atoms with van der Waals surface area (Å²) in [5, 5.41) is 11.0. The van der Waals surface area contributed by atoms with Crippen LogP contribution in [-0.2, 0) is 17.5 Å². The maximum atomic E-state index is 12.7. The molecule has 2 heterocycles. The first-order valence-electron chi connectivity index (χ1n) is 6.34. The molecule has 0 bridgehead atoms. The largest absolute Gasteiger partial charge is 0.417 e. The third-order valence-corrected chi connectivity index (χ3v) is 4.00. The molecule has 0 aliphatic rings. The van der Waals surface area contributed by atoms with Crippen molar-refractivity contribution in [3.63, 3.8) is 0 Å². The molecule has 0 spiro atoms. The van der Waals surface area contributed by atoms with Crippen LogP contribution in [0.2, 0.25) is 0 Å². The summed E-state index contributed by atoms with van der Waals surface area (Å²) < 4.78 is 38.7. The monoisotopic (exact) mass is 341 g/mol. The topological polar surface area (TPSA) is 75.8 Å². The van der Waals surface area contributed by atoms with Crippen LogP contribution in [0.5, 0.6) is 0 Å². The van der Waals surface area contributed by atoms with Crippen molar-refractivity contribution in [2.45, 2.75) is 25.6 Å². The van der Waals surface area contributed by atoms with Crippen LogP contribution in [-0.4, -0.2) is 15.3 Å². The molecule has 1 unspecified atom stereocenters. The minimum Gasteiger partial charge on any atom is -0.307 e. The van der Waals surface area contributed by atoms with Crippen LogP contribution in [0.25, 0.3) is 0 Å². The fourth-order valence-electron chi connectivity index (χ4n) is 1.85. The molecular weight excluding hydrogens is 331 g/mol. The second kappa shape index (κ2) is 6.34. The summed E-state index contributed by atoms with van der Waals surface area (Å²) in [5.74, 6) is -1.90. The highest BCUT2D eigenvalue weighted by atomic mass is 32.1. The fourth-order valence-corrected chi connectivity index (χ4v) is 2.71. The Morgan fingerprint density at radius 1 is 1.48 bits per heavy atom. The van der Waals surface area contributed by atoms with E-state index in [0.29, 0.717) is 22.5 Å². The van der Waals surface area contributed by atoms with E-state index in [9.17, 15) is 22.8 Å². The van der Waals surface area contributed by atoms with Gasteiger partial charge in [-0.05, 0) is 13.0 Å². The minimum absolute atomic E-state index is 0.259. The highest BCUT2D eigenvalue weighted by Crippen LogP contribution is 2.28. The van der Waals surface area contributed by atoms with E-state index in [1.54, 1.807) is 18.4 Å². The summed E-state index contributed by atoms with van der Waals surface area (Å²) in [7, 11) is 0. The second-order valence-corrected chi connectivity index (χ2v) is 5.63. The van der Waals surface area contributed by atoms with Crippen LogP contribution < -0.4 is 5.56 Å². The molecular formula is C14H10F3N3O2S. The van der Waals surface area contributed by atoms with Crippen molar-refractivity contribution in [3.8, 4) is 6.07 Å². The molecule has 1 atom stereocenters. The third kappa shape index (κ3) is 3.84. The lowest BCUT2D eigenvalue weighted by molar-refractivity contribution is -0.138. The third-order valence-electron chi connectivity index (χ3n) is 2.97. The van der Waals surface area contributed by atoms with Gasteiger partial charge in [-0.15, -0.1) is 11.3 Å². The molecule has 0 radical (unpaired) electrons. The van der Waals surface area contributed by atoms with Gasteiger partial charge in [0.1, 0.15) is 5.01 Å². The summed E-state index contributed by atoms with van der Waals surface area (Å²) in [5.41, 5.74) is -1.16. The molecule has 0 N–H and O–H groups in total. The normalized spacial score (nSPS) is 12.7. The number of nitriles is 1. The Morgan fingerprint density at radius 2 is 2.17 bits per heavy atom. The molecule has 0 aliphatic heterocycles. The van der Waals surface area contributed by atoms with Gasteiger partial charge in [0, 0.05) is 23.3 Å². The summed E-state index contributed by atoms with van der Waals surface area (Å²) in [6.45, 7) is 1.07. The van der Waals surface area contributed by atoms with Gasteiger partial charge in [0.25, 0.3) is 5.56 Å². The number of rotatable bonds is 4. The van der Waals surface area contributed by atoms with E-state index in [2.05, 4.69) is 4.98 Å². The van der Waals surface area contributed by atoms with Crippen molar-refractivity contribution in [1.82, 2.24) is 9.55 Å². The number of alkyl halides is 3. The molecule has 5 nitrogen and oxygen atoms in total. The maximum absolute atomic E-state index is 12.7. The predicted octanol–water partition coefficient (Wildman–Crippen LogP) is 2.51. The highest BCUT2D eigenvalue weighted by Gasteiger charge is 2.31. The number of carbonyl (C=O) groups is 1. The molecule has 0 fully saturated rings. The quantitative estimate of drug-likeness (QED) is 0.856. The lowest BCUT2D eigenvalue weighted by Crippen LogP contribution is -2.27. The van der Waals surface area contributed by atoms with E-state index in [1.807, 2.05) is 0 Å². The number of hydrogen-bond donors (Lipinski definition) is 0. The lowest BCUT2D eigenvalue weighted by atomic mass is 10.1.